The molecular formula is C19H21N5. The zero-order valence-electron chi connectivity index (χ0n) is 14.2. The van der Waals surface area contributed by atoms with Gasteiger partial charge in [0.25, 0.3) is 0 Å². The van der Waals surface area contributed by atoms with Crippen LogP contribution in [0.15, 0.2) is 48.7 Å². The van der Waals surface area contributed by atoms with E-state index in [4.69, 9.17) is 0 Å². The van der Waals surface area contributed by atoms with Crippen molar-refractivity contribution >= 4 is 17.5 Å². The molecule has 0 saturated heterocycles. The fraction of sp³-hybridized carbons (Fsp3) is 0.211. The van der Waals surface area contributed by atoms with Gasteiger partial charge in [0.1, 0.15) is 0 Å². The largest absolute Gasteiger partial charge is 0.365 e. The second kappa shape index (κ2) is 7.08. The van der Waals surface area contributed by atoms with Gasteiger partial charge in [0.2, 0.25) is 5.95 Å². The van der Waals surface area contributed by atoms with Crippen molar-refractivity contribution in [2.75, 3.05) is 10.6 Å². The van der Waals surface area contributed by atoms with Crippen LogP contribution in [0.3, 0.4) is 0 Å². The Kier molecular flexibility index (Phi) is 4.70. The fourth-order valence-corrected chi connectivity index (χ4v) is 2.63. The zero-order chi connectivity index (χ0) is 16.9. The average Bonchev–Trinajstić information content (AvgIpc) is 2.52. The molecule has 0 aliphatic heterocycles. The lowest BCUT2D eigenvalue weighted by Gasteiger charge is -2.09. The molecule has 5 nitrogen and oxygen atoms in total. The number of benzene rings is 2. The topological polar surface area (TPSA) is 62.7 Å². The van der Waals surface area contributed by atoms with Crippen molar-refractivity contribution in [2.24, 2.45) is 0 Å². The van der Waals surface area contributed by atoms with E-state index in [1.54, 1.807) is 6.20 Å². The van der Waals surface area contributed by atoms with Crippen molar-refractivity contribution in [1.82, 2.24) is 15.2 Å². The fourth-order valence-electron chi connectivity index (χ4n) is 2.63. The van der Waals surface area contributed by atoms with E-state index >= 15 is 0 Å². The maximum atomic E-state index is 4.47. The van der Waals surface area contributed by atoms with E-state index in [2.05, 4.69) is 89.1 Å². The Morgan fingerprint density at radius 2 is 1.71 bits per heavy atom. The van der Waals surface area contributed by atoms with E-state index in [1.165, 1.54) is 22.3 Å². The van der Waals surface area contributed by atoms with Crippen LogP contribution in [0.5, 0.6) is 0 Å². The van der Waals surface area contributed by atoms with Gasteiger partial charge in [0.15, 0.2) is 5.82 Å². The molecule has 0 radical (unpaired) electrons. The maximum absolute atomic E-state index is 4.47. The summed E-state index contributed by atoms with van der Waals surface area (Å²) in [5.41, 5.74) is 5.80. The van der Waals surface area contributed by atoms with Gasteiger partial charge in [0, 0.05) is 12.2 Å². The molecule has 2 aromatic carbocycles. The third-order valence-electron chi connectivity index (χ3n) is 3.59. The molecular weight excluding hydrogens is 298 g/mol. The quantitative estimate of drug-likeness (QED) is 0.739. The zero-order valence-corrected chi connectivity index (χ0v) is 14.2. The lowest BCUT2D eigenvalue weighted by molar-refractivity contribution is 0.965. The van der Waals surface area contributed by atoms with Crippen LogP contribution in [0.4, 0.5) is 17.5 Å². The van der Waals surface area contributed by atoms with Gasteiger partial charge in [0.05, 0.1) is 6.20 Å². The number of hydrogen-bond donors (Lipinski definition) is 2. The molecule has 0 aliphatic rings. The van der Waals surface area contributed by atoms with Gasteiger partial charge in [-0.25, -0.2) is 0 Å². The van der Waals surface area contributed by atoms with Crippen molar-refractivity contribution in [1.29, 1.82) is 0 Å². The van der Waals surface area contributed by atoms with Crippen molar-refractivity contribution in [2.45, 2.75) is 27.3 Å². The van der Waals surface area contributed by atoms with E-state index in [9.17, 15) is 0 Å². The highest BCUT2D eigenvalue weighted by Crippen LogP contribution is 2.17. The number of hydrogen-bond acceptors (Lipinski definition) is 5. The first-order valence-corrected chi connectivity index (χ1v) is 7.93. The number of anilines is 3. The van der Waals surface area contributed by atoms with E-state index in [0.29, 0.717) is 18.3 Å². The molecule has 24 heavy (non-hydrogen) atoms. The number of aromatic nitrogens is 3. The molecule has 1 heterocycles. The molecule has 0 amide bonds. The van der Waals surface area contributed by atoms with E-state index in [-0.39, 0.29) is 0 Å². The Labute approximate surface area is 142 Å². The summed E-state index contributed by atoms with van der Waals surface area (Å²) >= 11 is 0. The standard InChI is InChI=1S/C19H21N5/c1-13-5-4-6-16(8-13)11-20-18-12-21-24-19(23-18)22-17-9-14(2)7-15(3)10-17/h4-10,12H,11H2,1-3H3,(H2,20,22,23,24). The summed E-state index contributed by atoms with van der Waals surface area (Å²) < 4.78 is 0. The summed E-state index contributed by atoms with van der Waals surface area (Å²) in [6, 6.07) is 14.6. The van der Waals surface area contributed by atoms with Crippen molar-refractivity contribution in [3.05, 3.63) is 70.9 Å². The Balaban J connectivity index is 1.69. The van der Waals surface area contributed by atoms with Crippen LogP contribution in [0, 0.1) is 20.8 Å². The van der Waals surface area contributed by atoms with Gasteiger partial charge in [-0.15, -0.1) is 5.10 Å². The van der Waals surface area contributed by atoms with E-state index in [0.717, 1.165) is 5.69 Å². The molecule has 0 spiro atoms. The molecule has 0 saturated carbocycles. The number of nitrogens with one attached hydrogen (secondary N) is 2. The predicted molar refractivity (Wildman–Crippen MR) is 97.5 cm³/mol. The minimum atomic E-state index is 0.481. The highest BCUT2D eigenvalue weighted by molar-refractivity contribution is 5.56. The minimum Gasteiger partial charge on any atom is -0.365 e. The lowest BCUT2D eigenvalue weighted by atomic mass is 10.1. The second-order valence-electron chi connectivity index (χ2n) is 6.01. The van der Waals surface area contributed by atoms with Gasteiger partial charge in [-0.2, -0.15) is 10.1 Å². The third kappa shape index (κ3) is 4.29. The van der Waals surface area contributed by atoms with Gasteiger partial charge < -0.3 is 10.6 Å². The number of aryl methyl sites for hydroxylation is 3. The molecule has 0 unspecified atom stereocenters. The molecule has 122 valence electrons. The molecule has 1 aromatic heterocycles. The number of rotatable bonds is 5. The first-order chi connectivity index (χ1) is 11.6. The Morgan fingerprint density at radius 1 is 0.917 bits per heavy atom. The summed E-state index contributed by atoms with van der Waals surface area (Å²) in [4.78, 5) is 4.47. The normalized spacial score (nSPS) is 10.5. The summed E-state index contributed by atoms with van der Waals surface area (Å²) in [6.07, 6.45) is 1.63. The summed E-state index contributed by atoms with van der Waals surface area (Å²) in [5, 5.41) is 14.6. The maximum Gasteiger partial charge on any atom is 0.249 e. The van der Waals surface area contributed by atoms with Crippen molar-refractivity contribution < 1.29 is 0 Å². The predicted octanol–water partition coefficient (Wildman–Crippen LogP) is 4.15. The van der Waals surface area contributed by atoms with Crippen molar-refractivity contribution in [3.63, 3.8) is 0 Å². The van der Waals surface area contributed by atoms with E-state index < -0.39 is 0 Å². The molecule has 0 aliphatic carbocycles. The molecule has 3 rings (SSSR count). The van der Waals surface area contributed by atoms with Crippen LogP contribution in [0.2, 0.25) is 0 Å². The highest BCUT2D eigenvalue weighted by Gasteiger charge is 2.03. The van der Waals surface area contributed by atoms with Crippen LogP contribution in [-0.2, 0) is 6.54 Å². The van der Waals surface area contributed by atoms with Crippen LogP contribution < -0.4 is 10.6 Å². The molecule has 2 N–H and O–H groups in total. The van der Waals surface area contributed by atoms with Gasteiger partial charge in [-0.1, -0.05) is 35.9 Å². The van der Waals surface area contributed by atoms with Gasteiger partial charge >= 0.3 is 0 Å². The van der Waals surface area contributed by atoms with Crippen molar-refractivity contribution in [3.8, 4) is 0 Å². The summed E-state index contributed by atoms with van der Waals surface area (Å²) in [5.74, 6) is 1.17. The lowest BCUT2D eigenvalue weighted by Crippen LogP contribution is -2.06. The van der Waals surface area contributed by atoms with Gasteiger partial charge in [-0.05, 0) is 49.6 Å². The highest BCUT2D eigenvalue weighted by atomic mass is 15.3. The second-order valence-corrected chi connectivity index (χ2v) is 6.01. The Morgan fingerprint density at radius 3 is 2.46 bits per heavy atom. The van der Waals surface area contributed by atoms with Crippen LogP contribution in [0.25, 0.3) is 0 Å². The van der Waals surface area contributed by atoms with Crippen LogP contribution in [0.1, 0.15) is 22.3 Å². The molecule has 5 heteroatoms. The Hall–Kier alpha value is -2.95. The monoisotopic (exact) mass is 319 g/mol. The minimum absolute atomic E-state index is 0.481. The van der Waals surface area contributed by atoms with Gasteiger partial charge in [-0.3, -0.25) is 0 Å². The molecule has 0 bridgehead atoms. The molecule has 0 fully saturated rings. The smallest absolute Gasteiger partial charge is 0.249 e. The first kappa shape index (κ1) is 15.9. The summed E-state index contributed by atoms with van der Waals surface area (Å²) in [6.45, 7) is 6.92. The first-order valence-electron chi connectivity index (χ1n) is 7.93. The molecule has 0 atom stereocenters. The SMILES string of the molecule is Cc1cccc(CNc2cnnc(Nc3cc(C)cc(C)c3)n2)c1. The average molecular weight is 319 g/mol. The van der Waals surface area contributed by atoms with Crippen LogP contribution in [-0.4, -0.2) is 15.2 Å². The van der Waals surface area contributed by atoms with Crippen LogP contribution >= 0.6 is 0 Å². The third-order valence-corrected chi connectivity index (χ3v) is 3.59. The summed E-state index contributed by atoms with van der Waals surface area (Å²) in [7, 11) is 0. The van der Waals surface area contributed by atoms with E-state index in [1.807, 2.05) is 0 Å². The Bertz CT molecular complexity index is 824. The number of nitrogens with zero attached hydrogens (tertiary/aromatic N) is 3. The molecule has 3 aromatic rings.